The Labute approximate surface area is 148 Å². The predicted molar refractivity (Wildman–Crippen MR) is 99.1 cm³/mol. The van der Waals surface area contributed by atoms with Crippen LogP contribution in [0.5, 0.6) is 0 Å². The highest BCUT2D eigenvalue weighted by Crippen LogP contribution is 2.17. The van der Waals surface area contributed by atoms with Crippen LogP contribution in [0.2, 0.25) is 0 Å². The standard InChI is InChI=1S/C20H26N2O3/c1-14-7-8-18-16(12-14)19(23)17(13-22(18)3)20(24)21(2)10-9-15-6-4-5-11-25-15/h7-8,12-13,15H,4-6,9-11H2,1-3H3/t15-/m1/s1. The number of carbonyl (C=O) groups is 1. The van der Waals surface area contributed by atoms with Crippen molar-refractivity contribution in [1.29, 1.82) is 0 Å². The highest BCUT2D eigenvalue weighted by Gasteiger charge is 2.20. The molecule has 5 nitrogen and oxygen atoms in total. The molecule has 134 valence electrons. The molecule has 2 aromatic rings. The van der Waals surface area contributed by atoms with Gasteiger partial charge in [0.15, 0.2) is 0 Å². The number of carbonyl (C=O) groups excluding carboxylic acids is 1. The molecular weight excluding hydrogens is 316 g/mol. The third kappa shape index (κ3) is 3.76. The molecule has 1 saturated heterocycles. The fraction of sp³-hybridized carbons (Fsp3) is 0.500. The zero-order valence-corrected chi connectivity index (χ0v) is 15.2. The van der Waals surface area contributed by atoms with Crippen molar-refractivity contribution < 1.29 is 9.53 Å². The van der Waals surface area contributed by atoms with Crippen molar-refractivity contribution in [3.05, 3.63) is 45.7 Å². The Morgan fingerprint density at radius 3 is 2.88 bits per heavy atom. The Hall–Kier alpha value is -2.14. The van der Waals surface area contributed by atoms with Crippen molar-refractivity contribution in [2.45, 2.75) is 38.7 Å². The molecule has 1 aliphatic rings. The number of ether oxygens (including phenoxy) is 1. The number of aromatic nitrogens is 1. The summed E-state index contributed by atoms with van der Waals surface area (Å²) >= 11 is 0. The number of hydrogen-bond acceptors (Lipinski definition) is 3. The van der Waals surface area contributed by atoms with E-state index >= 15 is 0 Å². The Kier molecular flexibility index (Phi) is 5.23. The van der Waals surface area contributed by atoms with E-state index in [1.165, 1.54) is 6.42 Å². The van der Waals surface area contributed by atoms with Crippen molar-refractivity contribution in [3.8, 4) is 0 Å². The van der Waals surface area contributed by atoms with Crippen LogP contribution in [0.25, 0.3) is 10.9 Å². The molecule has 0 unspecified atom stereocenters. The molecule has 0 spiro atoms. The number of amides is 1. The second-order valence-corrected chi connectivity index (χ2v) is 7.01. The number of aryl methyl sites for hydroxylation is 2. The van der Waals surface area contributed by atoms with Gasteiger partial charge >= 0.3 is 0 Å². The van der Waals surface area contributed by atoms with E-state index in [9.17, 15) is 9.59 Å². The Bertz CT molecular complexity index is 835. The average Bonchev–Trinajstić information content (AvgIpc) is 2.62. The van der Waals surface area contributed by atoms with Crippen LogP contribution in [0.15, 0.2) is 29.2 Å². The molecule has 0 radical (unpaired) electrons. The van der Waals surface area contributed by atoms with Gasteiger partial charge in [-0.05, 0) is 44.7 Å². The minimum Gasteiger partial charge on any atom is -0.378 e. The molecular formula is C20H26N2O3. The second kappa shape index (κ2) is 7.40. The predicted octanol–water partition coefficient (Wildman–Crippen LogP) is 2.88. The zero-order valence-electron chi connectivity index (χ0n) is 15.2. The zero-order chi connectivity index (χ0) is 18.0. The molecule has 3 rings (SSSR count). The summed E-state index contributed by atoms with van der Waals surface area (Å²) in [5.41, 5.74) is 1.89. The van der Waals surface area contributed by atoms with Crippen molar-refractivity contribution in [3.63, 3.8) is 0 Å². The van der Waals surface area contributed by atoms with E-state index in [1.54, 1.807) is 18.1 Å². The molecule has 5 heteroatoms. The molecule has 2 heterocycles. The van der Waals surface area contributed by atoms with Crippen LogP contribution in [-0.2, 0) is 11.8 Å². The normalized spacial score (nSPS) is 17.6. The minimum absolute atomic E-state index is 0.192. The van der Waals surface area contributed by atoms with Crippen LogP contribution in [0.3, 0.4) is 0 Å². The third-order valence-electron chi connectivity index (χ3n) is 4.98. The molecule has 0 N–H and O–H groups in total. The first kappa shape index (κ1) is 17.7. The summed E-state index contributed by atoms with van der Waals surface area (Å²) < 4.78 is 7.57. The largest absolute Gasteiger partial charge is 0.378 e. The molecule has 0 saturated carbocycles. The van der Waals surface area contributed by atoms with E-state index in [-0.39, 0.29) is 23.0 Å². The summed E-state index contributed by atoms with van der Waals surface area (Å²) in [6.07, 6.45) is 6.06. The lowest BCUT2D eigenvalue weighted by atomic mass is 10.1. The van der Waals surface area contributed by atoms with E-state index in [1.807, 2.05) is 36.7 Å². The number of pyridine rings is 1. The number of rotatable bonds is 4. The van der Waals surface area contributed by atoms with E-state index in [0.717, 1.165) is 36.9 Å². The SMILES string of the molecule is Cc1ccc2c(c1)c(=O)c(C(=O)N(C)CC[C@H]1CCCCO1)cn2C. The smallest absolute Gasteiger partial charge is 0.259 e. The van der Waals surface area contributed by atoms with Crippen LogP contribution in [0.4, 0.5) is 0 Å². The fourth-order valence-electron chi connectivity index (χ4n) is 3.44. The highest BCUT2D eigenvalue weighted by molar-refractivity contribution is 5.97. The summed E-state index contributed by atoms with van der Waals surface area (Å²) in [4.78, 5) is 27.2. The minimum atomic E-state index is -0.222. The van der Waals surface area contributed by atoms with Crippen molar-refractivity contribution in [2.24, 2.45) is 7.05 Å². The molecule has 1 amide bonds. The van der Waals surface area contributed by atoms with Gasteiger partial charge in [0.1, 0.15) is 5.56 Å². The maximum atomic E-state index is 12.8. The number of fused-ring (bicyclic) bond motifs is 1. The van der Waals surface area contributed by atoms with Crippen LogP contribution in [0.1, 0.15) is 41.6 Å². The number of benzene rings is 1. The van der Waals surface area contributed by atoms with Gasteiger partial charge < -0.3 is 14.2 Å². The summed E-state index contributed by atoms with van der Waals surface area (Å²) in [5, 5.41) is 0.595. The first-order valence-corrected chi connectivity index (χ1v) is 8.94. The van der Waals surface area contributed by atoms with Crippen LogP contribution < -0.4 is 5.43 Å². The molecule has 1 fully saturated rings. The number of nitrogens with zero attached hydrogens (tertiary/aromatic N) is 2. The first-order chi connectivity index (χ1) is 12.0. The Morgan fingerprint density at radius 1 is 1.36 bits per heavy atom. The Morgan fingerprint density at radius 2 is 2.16 bits per heavy atom. The van der Waals surface area contributed by atoms with Gasteiger partial charge in [-0.15, -0.1) is 0 Å². The van der Waals surface area contributed by atoms with Crippen molar-refractivity contribution >= 4 is 16.8 Å². The van der Waals surface area contributed by atoms with E-state index in [2.05, 4.69) is 0 Å². The lowest BCUT2D eigenvalue weighted by Crippen LogP contribution is -2.34. The van der Waals surface area contributed by atoms with Crippen LogP contribution in [-0.4, -0.2) is 41.7 Å². The summed E-state index contributed by atoms with van der Waals surface area (Å²) in [6, 6.07) is 5.74. The maximum absolute atomic E-state index is 12.8. The molecule has 1 aromatic carbocycles. The molecule has 0 bridgehead atoms. The van der Waals surface area contributed by atoms with Gasteiger partial charge in [0.2, 0.25) is 5.43 Å². The average molecular weight is 342 g/mol. The van der Waals surface area contributed by atoms with Crippen LogP contribution in [0, 0.1) is 6.92 Å². The van der Waals surface area contributed by atoms with Crippen LogP contribution >= 0.6 is 0 Å². The van der Waals surface area contributed by atoms with E-state index < -0.39 is 0 Å². The summed E-state index contributed by atoms with van der Waals surface area (Å²) in [5.74, 6) is -0.222. The molecule has 0 aliphatic carbocycles. The first-order valence-electron chi connectivity index (χ1n) is 8.94. The van der Waals surface area contributed by atoms with E-state index in [0.29, 0.717) is 11.9 Å². The Balaban J connectivity index is 1.81. The van der Waals surface area contributed by atoms with Gasteiger partial charge in [-0.2, -0.15) is 0 Å². The summed E-state index contributed by atoms with van der Waals surface area (Å²) in [7, 11) is 3.62. The monoisotopic (exact) mass is 342 g/mol. The molecule has 1 aromatic heterocycles. The lowest BCUT2D eigenvalue weighted by Gasteiger charge is -2.25. The molecule has 1 atom stereocenters. The van der Waals surface area contributed by atoms with Crippen molar-refractivity contribution in [2.75, 3.05) is 20.2 Å². The number of hydrogen-bond donors (Lipinski definition) is 0. The highest BCUT2D eigenvalue weighted by atomic mass is 16.5. The van der Waals surface area contributed by atoms with Crippen molar-refractivity contribution in [1.82, 2.24) is 9.47 Å². The third-order valence-corrected chi connectivity index (χ3v) is 4.98. The van der Waals surface area contributed by atoms with Gasteiger partial charge in [0.05, 0.1) is 11.6 Å². The quantitative estimate of drug-likeness (QED) is 0.858. The molecule has 1 aliphatic heterocycles. The van der Waals surface area contributed by atoms with Gasteiger partial charge in [-0.25, -0.2) is 0 Å². The van der Waals surface area contributed by atoms with Gasteiger partial charge in [0, 0.05) is 38.8 Å². The fourth-order valence-corrected chi connectivity index (χ4v) is 3.44. The van der Waals surface area contributed by atoms with Gasteiger partial charge in [-0.3, -0.25) is 9.59 Å². The maximum Gasteiger partial charge on any atom is 0.259 e. The summed E-state index contributed by atoms with van der Waals surface area (Å²) in [6.45, 7) is 3.36. The van der Waals surface area contributed by atoms with Gasteiger partial charge in [0.25, 0.3) is 5.91 Å². The van der Waals surface area contributed by atoms with E-state index in [4.69, 9.17) is 4.74 Å². The molecule has 25 heavy (non-hydrogen) atoms. The lowest BCUT2D eigenvalue weighted by molar-refractivity contribution is 0.00708. The second-order valence-electron chi connectivity index (χ2n) is 7.01. The van der Waals surface area contributed by atoms with Gasteiger partial charge in [-0.1, -0.05) is 11.6 Å². The topological polar surface area (TPSA) is 51.5 Å².